The first-order chi connectivity index (χ1) is 2.64. The van der Waals surface area contributed by atoms with Gasteiger partial charge in [-0.2, -0.15) is 0 Å². The van der Waals surface area contributed by atoms with E-state index in [1.807, 2.05) is 0 Å². The van der Waals surface area contributed by atoms with Crippen LogP contribution in [0.25, 0.3) is 0 Å². The van der Waals surface area contributed by atoms with Crippen molar-refractivity contribution >= 4 is 16.1 Å². The third kappa shape index (κ3) is 6.70. The summed E-state index contributed by atoms with van der Waals surface area (Å²) in [7, 11) is -4.97. The molecule has 4 radical (unpaired) electrons. The molecule has 42 valence electrons. The second kappa shape index (κ2) is 4.85. The molecule has 0 aromatic rings. The predicted molar refractivity (Wildman–Crippen MR) is 26.0 cm³/mol. The molecule has 0 heterocycles. The van der Waals surface area contributed by atoms with Gasteiger partial charge in [0.15, 0.2) is 0 Å². The zero-order valence-corrected chi connectivity index (χ0v) is 4.97. The highest BCUT2D eigenvalue weighted by Crippen LogP contribution is 2.56. The van der Waals surface area contributed by atoms with Crippen LogP contribution in [0, 0.1) is 7.43 Å². The third-order valence-corrected chi connectivity index (χ3v) is 1.44. The summed E-state index contributed by atoms with van der Waals surface area (Å²) in [6.45, 7) is 0. The van der Waals surface area contributed by atoms with Crippen LogP contribution in [0.15, 0.2) is 0 Å². The van der Waals surface area contributed by atoms with Crippen molar-refractivity contribution in [2.45, 2.75) is 0 Å². The normalized spacial score (nSPS) is 9.43. The SMILES string of the molecule is OP(O)P(O)O.[C]. The van der Waals surface area contributed by atoms with Crippen molar-refractivity contribution in [1.29, 1.82) is 0 Å². The minimum Gasteiger partial charge on any atom is -0.344 e. The number of hydrogen-bond donors (Lipinski definition) is 4. The summed E-state index contributed by atoms with van der Waals surface area (Å²) in [4.78, 5) is 31.1. The smallest absolute Gasteiger partial charge is 0.250 e. The van der Waals surface area contributed by atoms with Crippen molar-refractivity contribution in [3.8, 4) is 0 Å². The fraction of sp³-hybridized carbons (Fsp3) is 0. The molecule has 0 saturated carbocycles. The molecule has 0 atom stereocenters. The van der Waals surface area contributed by atoms with Crippen LogP contribution in [0.1, 0.15) is 0 Å². The Kier molecular flexibility index (Phi) is 7.37. The van der Waals surface area contributed by atoms with Crippen LogP contribution in [0.2, 0.25) is 0 Å². The largest absolute Gasteiger partial charge is 0.344 e. The first kappa shape index (κ1) is 10.6. The third-order valence-electron chi connectivity index (χ3n) is 0.160. The summed E-state index contributed by atoms with van der Waals surface area (Å²) < 4.78 is 0. The maximum Gasteiger partial charge on any atom is 0.250 e. The van der Waals surface area contributed by atoms with E-state index < -0.39 is 16.1 Å². The fourth-order valence-electron chi connectivity index (χ4n) is 0. The van der Waals surface area contributed by atoms with E-state index in [2.05, 4.69) is 0 Å². The lowest BCUT2D eigenvalue weighted by atomic mass is 12.0. The molecule has 0 rings (SSSR count). The maximum absolute atomic E-state index is 7.78. The predicted octanol–water partition coefficient (Wildman–Crippen LogP) is -0.424. The van der Waals surface area contributed by atoms with E-state index in [0.717, 1.165) is 0 Å². The van der Waals surface area contributed by atoms with Gasteiger partial charge in [-0.25, -0.2) is 0 Å². The zero-order valence-electron chi connectivity index (χ0n) is 3.18. The molecule has 0 fully saturated rings. The van der Waals surface area contributed by atoms with E-state index in [9.17, 15) is 0 Å². The second-order valence-electron chi connectivity index (χ2n) is 0.537. The molecule has 0 aliphatic heterocycles. The van der Waals surface area contributed by atoms with Crippen LogP contribution in [-0.4, -0.2) is 19.6 Å². The van der Waals surface area contributed by atoms with E-state index in [1.165, 1.54) is 0 Å². The standard InChI is InChI=1S/C.H4O4P2/c;1-5(2)6(3)4/h;1-4H. The van der Waals surface area contributed by atoms with Crippen LogP contribution in [0.5, 0.6) is 0 Å². The van der Waals surface area contributed by atoms with E-state index >= 15 is 0 Å². The molecule has 0 aromatic heterocycles. The minimum atomic E-state index is -2.48. The minimum absolute atomic E-state index is 0. The summed E-state index contributed by atoms with van der Waals surface area (Å²) in [5.74, 6) is 0. The molecular weight excluding hydrogens is 138 g/mol. The van der Waals surface area contributed by atoms with Crippen molar-refractivity contribution in [2.75, 3.05) is 0 Å². The van der Waals surface area contributed by atoms with Crippen LogP contribution < -0.4 is 0 Å². The van der Waals surface area contributed by atoms with Gasteiger partial charge in [-0.3, -0.25) is 0 Å². The average molecular weight is 142 g/mol. The molecule has 0 saturated heterocycles. The van der Waals surface area contributed by atoms with Crippen molar-refractivity contribution in [3.63, 3.8) is 0 Å². The summed E-state index contributed by atoms with van der Waals surface area (Å²) in [6, 6.07) is 0. The van der Waals surface area contributed by atoms with E-state index in [1.54, 1.807) is 0 Å². The monoisotopic (exact) mass is 142 g/mol. The molecule has 0 amide bonds. The number of hydrogen-bond acceptors (Lipinski definition) is 4. The molecule has 6 heteroatoms. The Balaban J connectivity index is 0. The lowest BCUT2D eigenvalue weighted by Gasteiger charge is -1.97. The Morgan fingerprint density at radius 1 is 0.714 bits per heavy atom. The molecular formula is CH4O4P2. The molecule has 7 heavy (non-hydrogen) atoms. The lowest BCUT2D eigenvalue weighted by Crippen LogP contribution is -1.63. The van der Waals surface area contributed by atoms with E-state index in [0.29, 0.717) is 0 Å². The van der Waals surface area contributed by atoms with Crippen molar-refractivity contribution in [2.24, 2.45) is 0 Å². The zero-order chi connectivity index (χ0) is 5.15. The Morgan fingerprint density at radius 3 is 0.857 bits per heavy atom. The molecule has 0 aliphatic rings. The molecule has 4 nitrogen and oxygen atoms in total. The average Bonchev–Trinajstić information content (AvgIpc) is 1.36. The van der Waals surface area contributed by atoms with E-state index in [-0.39, 0.29) is 7.43 Å². The van der Waals surface area contributed by atoms with Crippen molar-refractivity contribution < 1.29 is 19.6 Å². The van der Waals surface area contributed by atoms with Crippen molar-refractivity contribution in [3.05, 3.63) is 7.43 Å². The quantitative estimate of drug-likeness (QED) is 0.374. The van der Waals surface area contributed by atoms with Gasteiger partial charge in [0.2, 0.25) is 0 Å². The van der Waals surface area contributed by atoms with Gasteiger partial charge < -0.3 is 19.6 Å². The van der Waals surface area contributed by atoms with Gasteiger partial charge in [0.1, 0.15) is 0 Å². The maximum atomic E-state index is 7.78. The van der Waals surface area contributed by atoms with Crippen LogP contribution in [0.4, 0.5) is 0 Å². The Bertz CT molecular complexity index is 30.7. The topological polar surface area (TPSA) is 80.9 Å². The van der Waals surface area contributed by atoms with Gasteiger partial charge in [0.25, 0.3) is 16.1 Å². The molecule has 0 unspecified atom stereocenters. The lowest BCUT2D eigenvalue weighted by molar-refractivity contribution is 0.457. The van der Waals surface area contributed by atoms with Crippen LogP contribution >= 0.6 is 16.1 Å². The van der Waals surface area contributed by atoms with Gasteiger partial charge in [0, 0.05) is 7.43 Å². The van der Waals surface area contributed by atoms with Crippen molar-refractivity contribution in [1.82, 2.24) is 0 Å². The first-order valence-corrected chi connectivity index (χ1v) is 4.20. The highest BCUT2D eigenvalue weighted by atomic mass is 32.1. The molecule has 0 aliphatic carbocycles. The molecule has 0 spiro atoms. The fourth-order valence-corrected chi connectivity index (χ4v) is 0. The summed E-state index contributed by atoms with van der Waals surface area (Å²) in [6.07, 6.45) is 0. The van der Waals surface area contributed by atoms with Gasteiger partial charge in [-0.1, -0.05) is 0 Å². The van der Waals surface area contributed by atoms with Gasteiger partial charge in [0.05, 0.1) is 0 Å². The molecule has 0 aromatic carbocycles. The van der Waals surface area contributed by atoms with Gasteiger partial charge >= 0.3 is 0 Å². The first-order valence-electron chi connectivity index (χ1n) is 1.000. The summed E-state index contributed by atoms with van der Waals surface area (Å²) in [5.41, 5.74) is 0. The van der Waals surface area contributed by atoms with Gasteiger partial charge in [-0.15, -0.1) is 0 Å². The Labute approximate surface area is 44.2 Å². The second-order valence-corrected chi connectivity index (χ2v) is 3.76. The Hall–Kier alpha value is 0.700. The van der Waals surface area contributed by atoms with Crippen LogP contribution in [-0.2, 0) is 0 Å². The Morgan fingerprint density at radius 2 is 0.857 bits per heavy atom. The summed E-state index contributed by atoms with van der Waals surface area (Å²) >= 11 is 0. The molecule has 0 bridgehead atoms. The highest BCUT2D eigenvalue weighted by molar-refractivity contribution is 8.19. The molecule has 4 N–H and O–H groups in total. The van der Waals surface area contributed by atoms with Crippen LogP contribution in [0.3, 0.4) is 0 Å². The summed E-state index contributed by atoms with van der Waals surface area (Å²) in [5, 5.41) is 0. The van der Waals surface area contributed by atoms with E-state index in [4.69, 9.17) is 19.6 Å². The highest BCUT2D eigenvalue weighted by Gasteiger charge is 2.08. The number of rotatable bonds is 1. The van der Waals surface area contributed by atoms with Gasteiger partial charge in [-0.05, 0) is 0 Å².